The van der Waals surface area contributed by atoms with Crippen LogP contribution in [0.25, 0.3) is 0 Å². The van der Waals surface area contributed by atoms with Crippen LogP contribution < -0.4 is 10.5 Å². The van der Waals surface area contributed by atoms with E-state index in [2.05, 4.69) is 23.6 Å². The fraction of sp³-hybridized carbons (Fsp3) is 0.214. The van der Waals surface area contributed by atoms with Crippen LogP contribution in [0.3, 0.4) is 0 Å². The highest BCUT2D eigenvalue weighted by Gasteiger charge is 2.14. The number of hydrogen-bond acceptors (Lipinski definition) is 4. The third-order valence-corrected chi connectivity index (χ3v) is 4.24. The number of nitrogens with two attached hydrogens (primary N) is 1. The van der Waals surface area contributed by atoms with Crippen LogP contribution in [0.2, 0.25) is 0 Å². The second-order valence-corrected chi connectivity index (χ2v) is 6.49. The third kappa shape index (κ3) is 3.27. The average Bonchev–Trinajstić information content (AvgIpc) is 2.39. The highest BCUT2D eigenvalue weighted by atomic mass is 32.2. The van der Waals surface area contributed by atoms with E-state index in [0.29, 0.717) is 11.6 Å². The molecule has 0 bridgehead atoms. The number of sulfonamides is 1. The number of anilines is 2. The number of nitrogens with one attached hydrogen (secondary N) is 1. The number of benzene rings is 1. The van der Waals surface area contributed by atoms with Crippen LogP contribution in [0.1, 0.15) is 25.3 Å². The van der Waals surface area contributed by atoms with Gasteiger partial charge in [-0.05, 0) is 35.7 Å². The molecule has 0 aliphatic carbocycles. The first-order valence-corrected chi connectivity index (χ1v) is 7.71. The van der Waals surface area contributed by atoms with E-state index >= 15 is 0 Å². The highest BCUT2D eigenvalue weighted by molar-refractivity contribution is 7.92. The Morgan fingerprint density at radius 3 is 2.55 bits per heavy atom. The van der Waals surface area contributed by atoms with Crippen LogP contribution in [0, 0.1) is 0 Å². The lowest BCUT2D eigenvalue weighted by Gasteiger charge is -2.11. The zero-order chi connectivity index (χ0) is 14.8. The topological polar surface area (TPSA) is 85.1 Å². The van der Waals surface area contributed by atoms with Crippen molar-refractivity contribution >= 4 is 21.5 Å². The minimum Gasteiger partial charge on any atom is -0.384 e. The Hall–Kier alpha value is -2.08. The van der Waals surface area contributed by atoms with Crippen molar-refractivity contribution in [2.24, 2.45) is 0 Å². The average molecular weight is 291 g/mol. The van der Waals surface area contributed by atoms with Crippen LogP contribution in [0.5, 0.6) is 0 Å². The van der Waals surface area contributed by atoms with Gasteiger partial charge in [0.25, 0.3) is 10.0 Å². The van der Waals surface area contributed by atoms with Gasteiger partial charge in [-0.25, -0.2) is 13.4 Å². The molecule has 20 heavy (non-hydrogen) atoms. The molecule has 2 rings (SSSR count). The molecule has 0 unspecified atom stereocenters. The number of aromatic nitrogens is 1. The summed E-state index contributed by atoms with van der Waals surface area (Å²) in [4.78, 5) is 3.88. The Kier molecular flexibility index (Phi) is 3.94. The van der Waals surface area contributed by atoms with Crippen LogP contribution in [-0.4, -0.2) is 13.4 Å². The fourth-order valence-corrected chi connectivity index (χ4v) is 2.72. The molecule has 1 heterocycles. The lowest BCUT2D eigenvalue weighted by atomic mass is 10.0. The summed E-state index contributed by atoms with van der Waals surface area (Å²) in [5, 5.41) is 0. The van der Waals surface area contributed by atoms with Crippen LogP contribution >= 0.6 is 0 Å². The Morgan fingerprint density at radius 1 is 1.20 bits per heavy atom. The number of nitrogen functional groups attached to an aromatic ring is 1. The minimum atomic E-state index is -3.64. The molecule has 0 aliphatic heterocycles. The second kappa shape index (κ2) is 5.50. The Morgan fingerprint density at radius 2 is 1.95 bits per heavy atom. The molecule has 0 atom stereocenters. The number of nitrogens with zero attached hydrogens (tertiary/aromatic N) is 1. The zero-order valence-electron chi connectivity index (χ0n) is 11.4. The summed E-state index contributed by atoms with van der Waals surface area (Å²) in [6.45, 7) is 4.11. The second-order valence-electron chi connectivity index (χ2n) is 4.80. The Labute approximate surface area is 118 Å². The summed E-state index contributed by atoms with van der Waals surface area (Å²) < 4.78 is 26.9. The zero-order valence-corrected chi connectivity index (χ0v) is 12.2. The van der Waals surface area contributed by atoms with E-state index in [9.17, 15) is 8.42 Å². The molecular weight excluding hydrogens is 274 g/mol. The fourth-order valence-electron chi connectivity index (χ4n) is 1.73. The smallest absolute Gasteiger partial charge is 0.263 e. The molecule has 0 saturated heterocycles. The van der Waals surface area contributed by atoms with Crippen molar-refractivity contribution in [1.82, 2.24) is 4.98 Å². The number of hydrogen-bond donors (Lipinski definition) is 2. The summed E-state index contributed by atoms with van der Waals surface area (Å²) in [5.74, 6) is 0.614. The van der Waals surface area contributed by atoms with E-state index in [4.69, 9.17) is 5.73 Å². The van der Waals surface area contributed by atoms with Crippen molar-refractivity contribution < 1.29 is 8.42 Å². The van der Waals surface area contributed by atoms with Gasteiger partial charge in [-0.1, -0.05) is 26.0 Å². The van der Waals surface area contributed by atoms with Crippen molar-refractivity contribution in [2.75, 3.05) is 10.5 Å². The predicted octanol–water partition coefficient (Wildman–Crippen LogP) is 2.59. The van der Waals surface area contributed by atoms with Gasteiger partial charge in [0, 0.05) is 11.9 Å². The van der Waals surface area contributed by atoms with Gasteiger partial charge in [0.05, 0.1) is 0 Å². The van der Waals surface area contributed by atoms with Gasteiger partial charge in [-0.15, -0.1) is 0 Å². The normalized spacial score (nSPS) is 11.6. The molecule has 3 N–H and O–H groups in total. The van der Waals surface area contributed by atoms with Crippen molar-refractivity contribution in [1.29, 1.82) is 0 Å². The SMILES string of the molecule is CC(C)c1cccc(NS(=O)(=O)c2ccc(N)nc2)c1. The summed E-state index contributed by atoms with van der Waals surface area (Å²) in [7, 11) is -3.64. The molecule has 1 aromatic heterocycles. The van der Waals surface area contributed by atoms with Crippen LogP contribution in [0.15, 0.2) is 47.5 Å². The maximum Gasteiger partial charge on any atom is 0.263 e. The molecule has 2 aromatic rings. The molecule has 6 heteroatoms. The Balaban J connectivity index is 2.28. The first-order chi connectivity index (χ1) is 9.38. The molecule has 0 fully saturated rings. The van der Waals surface area contributed by atoms with Crippen LogP contribution in [-0.2, 0) is 10.0 Å². The van der Waals surface area contributed by atoms with Gasteiger partial charge < -0.3 is 5.73 Å². The lowest BCUT2D eigenvalue weighted by molar-refractivity contribution is 0.601. The lowest BCUT2D eigenvalue weighted by Crippen LogP contribution is -2.13. The van der Waals surface area contributed by atoms with Gasteiger partial charge >= 0.3 is 0 Å². The van der Waals surface area contributed by atoms with E-state index < -0.39 is 10.0 Å². The van der Waals surface area contributed by atoms with E-state index in [-0.39, 0.29) is 10.7 Å². The van der Waals surface area contributed by atoms with Crippen molar-refractivity contribution in [3.63, 3.8) is 0 Å². The van der Waals surface area contributed by atoms with E-state index in [1.165, 1.54) is 18.3 Å². The van der Waals surface area contributed by atoms with E-state index in [1.807, 2.05) is 18.2 Å². The van der Waals surface area contributed by atoms with Gasteiger partial charge in [0.1, 0.15) is 10.7 Å². The summed E-state index contributed by atoms with van der Waals surface area (Å²) in [6, 6.07) is 10.2. The molecule has 0 aliphatic rings. The molecule has 0 amide bonds. The quantitative estimate of drug-likeness (QED) is 0.906. The van der Waals surface area contributed by atoms with Crippen molar-refractivity contribution in [2.45, 2.75) is 24.7 Å². The maximum atomic E-state index is 12.2. The van der Waals surface area contributed by atoms with Gasteiger partial charge in [-0.3, -0.25) is 4.72 Å². The van der Waals surface area contributed by atoms with Gasteiger partial charge in [-0.2, -0.15) is 0 Å². The predicted molar refractivity (Wildman–Crippen MR) is 80.0 cm³/mol. The minimum absolute atomic E-state index is 0.0849. The molecule has 0 saturated carbocycles. The summed E-state index contributed by atoms with van der Waals surface area (Å²) in [6.07, 6.45) is 1.24. The molecule has 106 valence electrons. The highest BCUT2D eigenvalue weighted by Crippen LogP contribution is 2.21. The largest absolute Gasteiger partial charge is 0.384 e. The third-order valence-electron chi connectivity index (χ3n) is 2.88. The van der Waals surface area contributed by atoms with Crippen molar-refractivity contribution in [3.8, 4) is 0 Å². The first kappa shape index (κ1) is 14.3. The van der Waals surface area contributed by atoms with Gasteiger partial charge in [0.15, 0.2) is 0 Å². The molecule has 5 nitrogen and oxygen atoms in total. The standard InChI is InChI=1S/C14H17N3O2S/c1-10(2)11-4-3-5-12(8-11)17-20(18,19)13-6-7-14(15)16-9-13/h3-10,17H,1-2H3,(H2,15,16). The maximum absolute atomic E-state index is 12.2. The van der Waals surface area contributed by atoms with Crippen molar-refractivity contribution in [3.05, 3.63) is 48.2 Å². The molecular formula is C14H17N3O2S. The van der Waals surface area contributed by atoms with E-state index in [1.54, 1.807) is 6.07 Å². The van der Waals surface area contributed by atoms with Crippen LogP contribution in [0.4, 0.5) is 11.5 Å². The number of rotatable bonds is 4. The molecule has 0 spiro atoms. The molecule has 0 radical (unpaired) electrons. The Bertz CT molecular complexity index is 695. The van der Waals surface area contributed by atoms with E-state index in [0.717, 1.165) is 5.56 Å². The summed E-state index contributed by atoms with van der Waals surface area (Å²) in [5.41, 5.74) is 7.05. The number of pyridine rings is 1. The summed E-state index contributed by atoms with van der Waals surface area (Å²) >= 11 is 0. The monoisotopic (exact) mass is 291 g/mol. The first-order valence-electron chi connectivity index (χ1n) is 6.23. The molecule has 1 aromatic carbocycles. The van der Waals surface area contributed by atoms with Gasteiger partial charge in [0.2, 0.25) is 0 Å².